The first-order valence-electron chi connectivity index (χ1n) is 10.0. The predicted molar refractivity (Wildman–Crippen MR) is 120 cm³/mol. The standard InChI is InChI=1S/C25H27NO5/c1-17-7-6-8-18(2)24(17)31-16-20(27)15-30-21-13-11-19(12-14-21)26-25(28)22-9-4-5-10-23(22)29-3/h4-14,20,27H,15-16H2,1-3H3,(H,26,28). The van der Waals surface area contributed by atoms with Crippen LogP contribution in [0.5, 0.6) is 17.2 Å². The number of carbonyl (C=O) groups is 1. The predicted octanol–water partition coefficient (Wildman–Crippen LogP) is 4.38. The number of aliphatic hydroxyl groups excluding tert-OH is 1. The van der Waals surface area contributed by atoms with Gasteiger partial charge in [0.15, 0.2) is 0 Å². The van der Waals surface area contributed by atoms with Crippen molar-refractivity contribution in [3.63, 3.8) is 0 Å². The fourth-order valence-corrected chi connectivity index (χ4v) is 3.11. The number of ether oxygens (including phenoxy) is 3. The van der Waals surface area contributed by atoms with Crippen LogP contribution in [0.15, 0.2) is 66.7 Å². The largest absolute Gasteiger partial charge is 0.496 e. The maximum absolute atomic E-state index is 12.5. The van der Waals surface area contributed by atoms with Crippen molar-refractivity contribution in [1.29, 1.82) is 0 Å². The molecule has 3 rings (SSSR count). The fourth-order valence-electron chi connectivity index (χ4n) is 3.11. The molecular weight excluding hydrogens is 394 g/mol. The van der Waals surface area contributed by atoms with E-state index in [1.807, 2.05) is 38.1 Å². The summed E-state index contributed by atoms with van der Waals surface area (Å²) in [5.74, 6) is 1.63. The zero-order valence-electron chi connectivity index (χ0n) is 17.9. The molecule has 0 radical (unpaired) electrons. The van der Waals surface area contributed by atoms with Gasteiger partial charge < -0.3 is 24.6 Å². The lowest BCUT2D eigenvalue weighted by Gasteiger charge is -2.16. The Balaban J connectivity index is 1.49. The highest BCUT2D eigenvalue weighted by Gasteiger charge is 2.12. The second-order valence-electron chi connectivity index (χ2n) is 7.18. The number of hydrogen-bond acceptors (Lipinski definition) is 5. The van der Waals surface area contributed by atoms with Crippen LogP contribution < -0.4 is 19.5 Å². The summed E-state index contributed by atoms with van der Waals surface area (Å²) in [5.41, 5.74) is 3.14. The van der Waals surface area contributed by atoms with Gasteiger partial charge in [0.05, 0.1) is 12.7 Å². The van der Waals surface area contributed by atoms with E-state index in [2.05, 4.69) is 5.32 Å². The Morgan fingerprint density at radius 2 is 1.55 bits per heavy atom. The van der Waals surface area contributed by atoms with Crippen LogP contribution in [0.2, 0.25) is 0 Å². The quantitative estimate of drug-likeness (QED) is 0.536. The molecule has 1 amide bonds. The number of anilines is 1. The van der Waals surface area contributed by atoms with Gasteiger partial charge in [-0.1, -0.05) is 30.3 Å². The number of amides is 1. The van der Waals surface area contributed by atoms with E-state index >= 15 is 0 Å². The highest BCUT2D eigenvalue weighted by atomic mass is 16.5. The summed E-state index contributed by atoms with van der Waals surface area (Å²) in [5, 5.41) is 13.0. The molecule has 0 aliphatic rings. The summed E-state index contributed by atoms with van der Waals surface area (Å²) in [6, 6.07) is 19.9. The minimum atomic E-state index is -0.774. The van der Waals surface area contributed by atoms with E-state index in [-0.39, 0.29) is 19.1 Å². The summed E-state index contributed by atoms with van der Waals surface area (Å²) >= 11 is 0. The highest BCUT2D eigenvalue weighted by Crippen LogP contribution is 2.23. The van der Waals surface area contributed by atoms with Gasteiger partial charge in [0.2, 0.25) is 0 Å². The summed E-state index contributed by atoms with van der Waals surface area (Å²) in [4.78, 5) is 12.5. The number of rotatable bonds is 9. The van der Waals surface area contributed by atoms with Crippen LogP contribution in [0.1, 0.15) is 21.5 Å². The molecule has 0 spiro atoms. The lowest BCUT2D eigenvalue weighted by molar-refractivity contribution is 0.0622. The summed E-state index contributed by atoms with van der Waals surface area (Å²) in [6.45, 7) is 4.18. The molecule has 1 atom stereocenters. The van der Waals surface area contributed by atoms with Crippen molar-refractivity contribution < 1.29 is 24.1 Å². The number of carbonyl (C=O) groups excluding carboxylic acids is 1. The van der Waals surface area contributed by atoms with Gasteiger partial charge in [-0.05, 0) is 61.4 Å². The van der Waals surface area contributed by atoms with E-state index in [1.165, 1.54) is 7.11 Å². The van der Waals surface area contributed by atoms with Crippen molar-refractivity contribution in [2.45, 2.75) is 20.0 Å². The first-order valence-corrected chi connectivity index (χ1v) is 10.0. The average Bonchev–Trinajstić information content (AvgIpc) is 2.78. The van der Waals surface area contributed by atoms with E-state index in [0.717, 1.165) is 16.9 Å². The molecule has 0 heterocycles. The Hall–Kier alpha value is -3.51. The maximum atomic E-state index is 12.5. The molecule has 0 aliphatic carbocycles. The maximum Gasteiger partial charge on any atom is 0.259 e. The van der Waals surface area contributed by atoms with Gasteiger partial charge in [-0.25, -0.2) is 0 Å². The molecule has 0 aromatic heterocycles. The van der Waals surface area contributed by atoms with Crippen LogP contribution in [0.3, 0.4) is 0 Å². The fraction of sp³-hybridized carbons (Fsp3) is 0.240. The second-order valence-corrected chi connectivity index (χ2v) is 7.18. The zero-order valence-corrected chi connectivity index (χ0v) is 17.9. The molecule has 162 valence electrons. The third-order valence-electron chi connectivity index (χ3n) is 4.73. The first kappa shape index (κ1) is 22.2. The van der Waals surface area contributed by atoms with Crippen LogP contribution in [-0.2, 0) is 0 Å². The van der Waals surface area contributed by atoms with Crippen molar-refractivity contribution in [3.8, 4) is 17.2 Å². The Morgan fingerprint density at radius 3 is 2.23 bits per heavy atom. The van der Waals surface area contributed by atoms with Crippen LogP contribution >= 0.6 is 0 Å². The summed E-state index contributed by atoms with van der Waals surface area (Å²) in [6.07, 6.45) is -0.774. The Labute approximate surface area is 182 Å². The monoisotopic (exact) mass is 421 g/mol. The van der Waals surface area contributed by atoms with E-state index in [1.54, 1.807) is 42.5 Å². The third-order valence-corrected chi connectivity index (χ3v) is 4.73. The molecular formula is C25H27NO5. The molecule has 2 N–H and O–H groups in total. The molecule has 1 unspecified atom stereocenters. The van der Waals surface area contributed by atoms with Gasteiger partial charge in [0.1, 0.15) is 36.6 Å². The summed E-state index contributed by atoms with van der Waals surface area (Å²) < 4.78 is 16.6. The van der Waals surface area contributed by atoms with E-state index in [4.69, 9.17) is 14.2 Å². The minimum Gasteiger partial charge on any atom is -0.496 e. The average molecular weight is 421 g/mol. The van der Waals surface area contributed by atoms with Crippen molar-refractivity contribution in [2.24, 2.45) is 0 Å². The lowest BCUT2D eigenvalue weighted by Crippen LogP contribution is -2.25. The normalized spacial score (nSPS) is 11.5. The molecule has 0 saturated carbocycles. The Morgan fingerprint density at radius 1 is 0.903 bits per heavy atom. The molecule has 0 bridgehead atoms. The van der Waals surface area contributed by atoms with Crippen LogP contribution in [-0.4, -0.2) is 37.4 Å². The minimum absolute atomic E-state index is 0.0951. The molecule has 6 heteroatoms. The number of aryl methyl sites for hydroxylation is 2. The number of para-hydroxylation sites is 2. The SMILES string of the molecule is COc1ccccc1C(=O)Nc1ccc(OCC(O)COc2c(C)cccc2C)cc1. The smallest absolute Gasteiger partial charge is 0.259 e. The number of aliphatic hydroxyl groups is 1. The number of benzene rings is 3. The molecule has 31 heavy (non-hydrogen) atoms. The van der Waals surface area contributed by atoms with Crippen molar-refractivity contribution in [2.75, 3.05) is 25.6 Å². The number of hydrogen-bond donors (Lipinski definition) is 2. The summed E-state index contributed by atoms with van der Waals surface area (Å²) in [7, 11) is 1.53. The Kier molecular flexibility index (Phi) is 7.51. The van der Waals surface area contributed by atoms with E-state index in [0.29, 0.717) is 22.7 Å². The number of nitrogens with one attached hydrogen (secondary N) is 1. The third kappa shape index (κ3) is 5.99. The van der Waals surface area contributed by atoms with Gasteiger partial charge in [0.25, 0.3) is 5.91 Å². The molecule has 0 fully saturated rings. The molecule has 0 saturated heterocycles. The van der Waals surface area contributed by atoms with E-state index in [9.17, 15) is 9.90 Å². The van der Waals surface area contributed by atoms with Crippen LogP contribution in [0, 0.1) is 13.8 Å². The van der Waals surface area contributed by atoms with Gasteiger partial charge in [-0.2, -0.15) is 0 Å². The molecule has 3 aromatic rings. The van der Waals surface area contributed by atoms with Crippen LogP contribution in [0.4, 0.5) is 5.69 Å². The topological polar surface area (TPSA) is 77.0 Å². The van der Waals surface area contributed by atoms with Crippen LogP contribution in [0.25, 0.3) is 0 Å². The first-order chi connectivity index (χ1) is 15.0. The van der Waals surface area contributed by atoms with E-state index < -0.39 is 6.10 Å². The molecule has 6 nitrogen and oxygen atoms in total. The number of methoxy groups -OCH3 is 1. The van der Waals surface area contributed by atoms with Gasteiger partial charge >= 0.3 is 0 Å². The van der Waals surface area contributed by atoms with Crippen molar-refractivity contribution >= 4 is 11.6 Å². The van der Waals surface area contributed by atoms with Gasteiger partial charge in [0, 0.05) is 5.69 Å². The lowest BCUT2D eigenvalue weighted by atomic mass is 10.1. The van der Waals surface area contributed by atoms with Crippen molar-refractivity contribution in [1.82, 2.24) is 0 Å². The van der Waals surface area contributed by atoms with Gasteiger partial charge in [-0.15, -0.1) is 0 Å². The van der Waals surface area contributed by atoms with Gasteiger partial charge in [-0.3, -0.25) is 4.79 Å². The van der Waals surface area contributed by atoms with Crippen molar-refractivity contribution in [3.05, 3.63) is 83.4 Å². The second kappa shape index (κ2) is 10.5. The zero-order chi connectivity index (χ0) is 22.2. The highest BCUT2D eigenvalue weighted by molar-refractivity contribution is 6.06. The molecule has 3 aromatic carbocycles. The Bertz CT molecular complexity index is 996. The molecule has 0 aliphatic heterocycles.